The summed E-state index contributed by atoms with van der Waals surface area (Å²) in [5, 5.41) is 12.9. The van der Waals surface area contributed by atoms with E-state index in [0.717, 1.165) is 34.8 Å². The third kappa shape index (κ3) is 4.75. The highest BCUT2D eigenvalue weighted by Crippen LogP contribution is 2.38. The molecule has 10 nitrogen and oxygen atoms in total. The SMILES string of the molecule is N#CCC1C(n2ccc(-c3ncnc4[nH]ccc34)c2)CN1C1CCCN(C(=O)Nc2ncccc2C(F)(F)F)C1. The van der Waals surface area contributed by atoms with Crippen molar-refractivity contribution in [2.75, 3.05) is 25.0 Å². The van der Waals surface area contributed by atoms with Gasteiger partial charge in [-0.3, -0.25) is 10.2 Å². The summed E-state index contributed by atoms with van der Waals surface area (Å²) in [6.07, 6.45) is 5.83. The zero-order chi connectivity index (χ0) is 27.9. The molecule has 0 bridgehead atoms. The molecule has 4 aromatic heterocycles. The number of nitrogens with zero attached hydrogens (tertiary/aromatic N) is 7. The first-order valence-corrected chi connectivity index (χ1v) is 13.0. The number of aromatic nitrogens is 5. The number of H-pyrrole nitrogens is 1. The van der Waals surface area contributed by atoms with Gasteiger partial charge in [-0.1, -0.05) is 0 Å². The number of carbonyl (C=O) groups is 1. The van der Waals surface area contributed by atoms with E-state index < -0.39 is 23.6 Å². The molecule has 0 aromatic carbocycles. The molecule has 6 heterocycles. The van der Waals surface area contributed by atoms with E-state index in [4.69, 9.17) is 0 Å². The van der Waals surface area contributed by atoms with Crippen LogP contribution >= 0.6 is 0 Å². The number of pyridine rings is 1. The van der Waals surface area contributed by atoms with Gasteiger partial charge in [-0.05, 0) is 37.1 Å². The maximum Gasteiger partial charge on any atom is 0.419 e. The molecule has 2 fully saturated rings. The van der Waals surface area contributed by atoms with E-state index in [0.29, 0.717) is 32.5 Å². The van der Waals surface area contributed by atoms with Gasteiger partial charge in [0.2, 0.25) is 0 Å². The minimum absolute atomic E-state index is 0.00343. The lowest BCUT2D eigenvalue weighted by atomic mass is 9.88. The highest BCUT2D eigenvalue weighted by atomic mass is 19.4. The summed E-state index contributed by atoms with van der Waals surface area (Å²) in [6, 6.07) is 7.72. The minimum atomic E-state index is -4.63. The van der Waals surface area contributed by atoms with Gasteiger partial charge in [-0.15, -0.1) is 0 Å². The normalized spacial score (nSPS) is 21.6. The number of fused-ring (bicyclic) bond motifs is 1. The molecule has 4 aromatic rings. The molecule has 0 radical (unpaired) electrons. The summed E-state index contributed by atoms with van der Waals surface area (Å²) < 4.78 is 42.2. The molecule has 2 saturated heterocycles. The summed E-state index contributed by atoms with van der Waals surface area (Å²) in [4.78, 5) is 32.3. The van der Waals surface area contributed by atoms with E-state index in [1.54, 1.807) is 0 Å². The smallest absolute Gasteiger partial charge is 0.348 e. The van der Waals surface area contributed by atoms with E-state index >= 15 is 0 Å². The van der Waals surface area contributed by atoms with Gasteiger partial charge < -0.3 is 14.5 Å². The Kier molecular flexibility index (Phi) is 6.63. The van der Waals surface area contributed by atoms with Crippen LogP contribution in [0, 0.1) is 11.3 Å². The van der Waals surface area contributed by atoms with Crippen LogP contribution in [0.5, 0.6) is 0 Å². The first kappa shape index (κ1) is 25.8. The van der Waals surface area contributed by atoms with Crippen molar-refractivity contribution in [1.82, 2.24) is 34.3 Å². The molecule has 40 heavy (non-hydrogen) atoms. The summed E-state index contributed by atoms with van der Waals surface area (Å²) in [5.74, 6) is -0.502. The lowest BCUT2D eigenvalue weighted by Gasteiger charge is -2.53. The summed E-state index contributed by atoms with van der Waals surface area (Å²) in [6.45, 7) is 1.49. The molecule has 0 spiro atoms. The van der Waals surface area contributed by atoms with Crippen LogP contribution in [0.4, 0.5) is 23.8 Å². The number of anilines is 1. The number of halogens is 3. The Bertz CT molecular complexity index is 1570. The first-order valence-electron chi connectivity index (χ1n) is 13.0. The van der Waals surface area contributed by atoms with Crippen molar-refractivity contribution >= 4 is 22.9 Å². The van der Waals surface area contributed by atoms with Crippen LogP contribution in [0.3, 0.4) is 0 Å². The average molecular weight is 550 g/mol. The standard InChI is InChI=1S/C27H26F3N9O/c28-27(29,30)20-4-1-9-32-25(20)36-26(40)38-11-2-3-18(14-38)39-15-22(21(39)5-8-31)37-12-7-17(13-37)23-19-6-10-33-24(19)35-16-34-23/h1,4,6-7,9-10,12-13,16,18,21-22H,2-3,5,11,14-15H2,(H,32,36,40)(H,33,34,35). The molecule has 0 aliphatic carbocycles. The monoisotopic (exact) mass is 549 g/mol. The van der Waals surface area contributed by atoms with Crippen LogP contribution in [-0.4, -0.2) is 72.1 Å². The number of likely N-dealkylation sites (tertiary alicyclic amines) is 2. The Hall–Kier alpha value is -4.44. The molecular formula is C27H26F3N9O. The molecule has 6 rings (SSSR count). The number of alkyl halides is 3. The van der Waals surface area contributed by atoms with Crippen molar-refractivity contribution < 1.29 is 18.0 Å². The average Bonchev–Trinajstić information content (AvgIpc) is 3.61. The fraction of sp³-hybridized carbons (Fsp3) is 0.370. The number of nitrogens with one attached hydrogen (secondary N) is 2. The topological polar surface area (TPSA) is 119 Å². The Morgan fingerprint density at radius 1 is 1.20 bits per heavy atom. The number of nitriles is 1. The van der Waals surface area contributed by atoms with E-state index in [1.807, 2.05) is 30.7 Å². The predicted octanol–water partition coefficient (Wildman–Crippen LogP) is 4.68. The number of hydrogen-bond acceptors (Lipinski definition) is 6. The van der Waals surface area contributed by atoms with Crippen LogP contribution in [0.1, 0.15) is 30.9 Å². The van der Waals surface area contributed by atoms with Crippen molar-refractivity contribution in [3.8, 4) is 17.3 Å². The van der Waals surface area contributed by atoms with Crippen LogP contribution < -0.4 is 5.32 Å². The zero-order valence-electron chi connectivity index (χ0n) is 21.3. The summed E-state index contributed by atoms with van der Waals surface area (Å²) in [7, 11) is 0. The number of urea groups is 1. The predicted molar refractivity (Wildman–Crippen MR) is 140 cm³/mol. The highest BCUT2D eigenvalue weighted by Gasteiger charge is 2.45. The van der Waals surface area contributed by atoms with Crippen molar-refractivity contribution in [2.24, 2.45) is 0 Å². The maximum atomic E-state index is 13.4. The number of rotatable bonds is 5. The second-order valence-corrected chi connectivity index (χ2v) is 10.1. The van der Waals surface area contributed by atoms with Gasteiger partial charge >= 0.3 is 12.2 Å². The molecule has 3 atom stereocenters. The summed E-state index contributed by atoms with van der Waals surface area (Å²) in [5.41, 5.74) is 1.56. The molecule has 206 valence electrons. The van der Waals surface area contributed by atoms with Gasteiger partial charge in [0.25, 0.3) is 0 Å². The zero-order valence-corrected chi connectivity index (χ0v) is 21.3. The van der Waals surface area contributed by atoms with Gasteiger partial charge in [-0.2, -0.15) is 18.4 Å². The fourth-order valence-electron chi connectivity index (χ4n) is 5.80. The Labute approximate surface area is 227 Å². The third-order valence-corrected chi connectivity index (χ3v) is 7.78. The molecular weight excluding hydrogens is 523 g/mol. The van der Waals surface area contributed by atoms with Gasteiger partial charge in [-0.25, -0.2) is 19.7 Å². The van der Waals surface area contributed by atoms with E-state index in [1.165, 1.54) is 23.5 Å². The Morgan fingerprint density at radius 3 is 2.90 bits per heavy atom. The molecule has 2 aliphatic rings. The second kappa shape index (κ2) is 10.3. The van der Waals surface area contributed by atoms with Gasteiger partial charge in [0.1, 0.15) is 17.8 Å². The van der Waals surface area contributed by atoms with E-state index in [2.05, 4.69) is 40.8 Å². The van der Waals surface area contributed by atoms with Crippen molar-refractivity contribution in [3.63, 3.8) is 0 Å². The Morgan fingerprint density at radius 2 is 2.08 bits per heavy atom. The minimum Gasteiger partial charge on any atom is -0.348 e. The molecule has 13 heteroatoms. The van der Waals surface area contributed by atoms with Crippen LogP contribution in [-0.2, 0) is 6.18 Å². The highest BCUT2D eigenvalue weighted by molar-refractivity contribution is 5.90. The molecule has 0 saturated carbocycles. The number of amides is 2. The number of carbonyl (C=O) groups excluding carboxylic acids is 1. The van der Waals surface area contributed by atoms with Crippen LogP contribution in [0.15, 0.2) is 55.4 Å². The lowest BCUT2D eigenvalue weighted by Crippen LogP contribution is -2.63. The van der Waals surface area contributed by atoms with Gasteiger partial charge in [0, 0.05) is 67.5 Å². The second-order valence-electron chi connectivity index (χ2n) is 10.1. The fourth-order valence-corrected chi connectivity index (χ4v) is 5.80. The maximum absolute atomic E-state index is 13.4. The summed E-state index contributed by atoms with van der Waals surface area (Å²) >= 11 is 0. The van der Waals surface area contributed by atoms with E-state index in [9.17, 15) is 23.2 Å². The van der Waals surface area contributed by atoms with Crippen molar-refractivity contribution in [1.29, 1.82) is 5.26 Å². The Balaban J connectivity index is 1.15. The van der Waals surface area contributed by atoms with Gasteiger partial charge in [0.15, 0.2) is 0 Å². The van der Waals surface area contributed by atoms with Crippen molar-refractivity contribution in [2.45, 2.75) is 43.6 Å². The number of aromatic amines is 1. The quantitative estimate of drug-likeness (QED) is 0.373. The lowest BCUT2D eigenvalue weighted by molar-refractivity contribution is -0.137. The molecule has 2 aliphatic heterocycles. The third-order valence-electron chi connectivity index (χ3n) is 7.78. The van der Waals surface area contributed by atoms with E-state index in [-0.39, 0.29) is 18.1 Å². The van der Waals surface area contributed by atoms with Crippen LogP contribution in [0.2, 0.25) is 0 Å². The van der Waals surface area contributed by atoms with Crippen LogP contribution in [0.25, 0.3) is 22.3 Å². The molecule has 2 N–H and O–H groups in total. The molecule has 3 unspecified atom stereocenters. The first-order chi connectivity index (χ1) is 19.3. The van der Waals surface area contributed by atoms with Crippen molar-refractivity contribution in [3.05, 3.63) is 60.9 Å². The van der Waals surface area contributed by atoms with Gasteiger partial charge in [0.05, 0.1) is 29.8 Å². The molecule has 2 amide bonds. The number of piperidine rings is 1. The largest absolute Gasteiger partial charge is 0.419 e. The number of hydrogen-bond donors (Lipinski definition) is 2.